The Kier molecular flexibility index (Phi) is 4.68. The Morgan fingerprint density at radius 2 is 1.90 bits per heavy atom. The minimum absolute atomic E-state index is 0.335. The van der Waals surface area contributed by atoms with Gasteiger partial charge in [0, 0.05) is 5.70 Å². The molecule has 0 bridgehead atoms. The highest BCUT2D eigenvalue weighted by Crippen LogP contribution is 2.35. The molecule has 0 unspecified atom stereocenters. The molecule has 0 spiro atoms. The van der Waals surface area contributed by atoms with Crippen molar-refractivity contribution in [3.63, 3.8) is 0 Å². The molecule has 4 heteroatoms. The van der Waals surface area contributed by atoms with Gasteiger partial charge in [0.15, 0.2) is 0 Å². The van der Waals surface area contributed by atoms with E-state index in [9.17, 15) is 4.79 Å². The van der Waals surface area contributed by atoms with Crippen molar-refractivity contribution in [2.75, 3.05) is 13.7 Å². The summed E-state index contributed by atoms with van der Waals surface area (Å²) in [5, 5.41) is 0. The van der Waals surface area contributed by atoms with Crippen molar-refractivity contribution < 1.29 is 14.3 Å². The van der Waals surface area contributed by atoms with Crippen LogP contribution in [0.5, 0.6) is 5.75 Å². The lowest BCUT2D eigenvalue weighted by molar-refractivity contribution is -0.138. The van der Waals surface area contributed by atoms with Gasteiger partial charge in [0.2, 0.25) is 0 Å². The highest BCUT2D eigenvalue weighted by molar-refractivity contribution is 5.98. The van der Waals surface area contributed by atoms with E-state index in [4.69, 9.17) is 15.2 Å². The second-order valence-corrected chi connectivity index (χ2v) is 4.95. The van der Waals surface area contributed by atoms with Crippen molar-refractivity contribution in [3.05, 3.63) is 46.7 Å². The standard InChI is InChI=1S/C17H21NO3/c1-4-21-17(19)16-11(2)14(9-10-15(16)18)12-5-7-13(20-3)8-6-12/h5-8H,4,9-10,18H2,1-3H3. The molecule has 0 aromatic heterocycles. The molecule has 0 aliphatic heterocycles. The molecule has 0 saturated heterocycles. The third-order valence-electron chi connectivity index (χ3n) is 3.71. The van der Waals surface area contributed by atoms with Gasteiger partial charge in [0.25, 0.3) is 0 Å². The predicted octanol–water partition coefficient (Wildman–Crippen LogP) is 3.04. The van der Waals surface area contributed by atoms with Crippen molar-refractivity contribution in [1.29, 1.82) is 0 Å². The number of methoxy groups -OCH3 is 1. The summed E-state index contributed by atoms with van der Waals surface area (Å²) in [6.07, 6.45) is 1.50. The molecule has 2 rings (SSSR count). The zero-order valence-electron chi connectivity index (χ0n) is 12.7. The van der Waals surface area contributed by atoms with Crippen LogP contribution in [0.1, 0.15) is 32.3 Å². The fraction of sp³-hybridized carbons (Fsp3) is 0.353. The SMILES string of the molecule is CCOC(=O)C1=C(N)CCC(c2ccc(OC)cc2)=C1C. The fourth-order valence-corrected chi connectivity index (χ4v) is 2.60. The van der Waals surface area contributed by atoms with Crippen molar-refractivity contribution in [1.82, 2.24) is 0 Å². The van der Waals surface area contributed by atoms with Crippen molar-refractivity contribution in [2.24, 2.45) is 5.73 Å². The molecule has 0 saturated carbocycles. The number of hydrogen-bond acceptors (Lipinski definition) is 4. The molecule has 0 fully saturated rings. The molecular weight excluding hydrogens is 266 g/mol. The van der Waals surface area contributed by atoms with Crippen LogP contribution in [0.2, 0.25) is 0 Å². The summed E-state index contributed by atoms with van der Waals surface area (Å²) in [6.45, 7) is 4.07. The molecule has 0 heterocycles. The first-order valence-corrected chi connectivity index (χ1v) is 7.08. The topological polar surface area (TPSA) is 61.5 Å². The van der Waals surface area contributed by atoms with E-state index in [1.54, 1.807) is 14.0 Å². The van der Waals surface area contributed by atoms with Gasteiger partial charge in [-0.1, -0.05) is 12.1 Å². The lowest BCUT2D eigenvalue weighted by Gasteiger charge is -2.22. The number of benzene rings is 1. The summed E-state index contributed by atoms with van der Waals surface area (Å²) in [4.78, 5) is 12.1. The van der Waals surface area contributed by atoms with Crippen LogP contribution in [0.4, 0.5) is 0 Å². The summed E-state index contributed by atoms with van der Waals surface area (Å²) in [7, 11) is 1.64. The lowest BCUT2D eigenvalue weighted by Crippen LogP contribution is -2.19. The molecule has 0 amide bonds. The maximum Gasteiger partial charge on any atom is 0.340 e. The van der Waals surface area contributed by atoms with Crippen LogP contribution in [-0.4, -0.2) is 19.7 Å². The number of hydrogen-bond donors (Lipinski definition) is 1. The molecule has 0 atom stereocenters. The second-order valence-electron chi connectivity index (χ2n) is 4.95. The van der Waals surface area contributed by atoms with Gasteiger partial charge in [-0.3, -0.25) is 0 Å². The largest absolute Gasteiger partial charge is 0.497 e. The van der Waals surface area contributed by atoms with Crippen LogP contribution < -0.4 is 10.5 Å². The van der Waals surface area contributed by atoms with Gasteiger partial charge < -0.3 is 15.2 Å². The molecule has 0 radical (unpaired) electrons. The summed E-state index contributed by atoms with van der Waals surface area (Å²) >= 11 is 0. The fourth-order valence-electron chi connectivity index (χ4n) is 2.60. The third kappa shape index (κ3) is 3.10. The molecular formula is C17H21NO3. The third-order valence-corrected chi connectivity index (χ3v) is 3.71. The zero-order chi connectivity index (χ0) is 15.4. The van der Waals surface area contributed by atoms with E-state index in [1.807, 2.05) is 31.2 Å². The first kappa shape index (κ1) is 15.2. The number of nitrogens with two attached hydrogens (primary N) is 1. The van der Waals surface area contributed by atoms with Gasteiger partial charge in [0.05, 0.1) is 19.3 Å². The Hall–Kier alpha value is -2.23. The average Bonchev–Trinajstić information content (AvgIpc) is 2.48. The summed E-state index contributed by atoms with van der Waals surface area (Å²) in [5.41, 5.74) is 10.3. The molecule has 1 aliphatic rings. The molecule has 1 aliphatic carbocycles. The predicted molar refractivity (Wildman–Crippen MR) is 82.7 cm³/mol. The average molecular weight is 287 g/mol. The smallest absolute Gasteiger partial charge is 0.340 e. The van der Waals surface area contributed by atoms with Crippen LogP contribution in [0.15, 0.2) is 41.1 Å². The van der Waals surface area contributed by atoms with Gasteiger partial charge in [-0.05, 0) is 55.5 Å². The van der Waals surface area contributed by atoms with Gasteiger partial charge in [-0.2, -0.15) is 0 Å². The van der Waals surface area contributed by atoms with E-state index in [0.717, 1.165) is 28.9 Å². The van der Waals surface area contributed by atoms with Crippen molar-refractivity contribution in [3.8, 4) is 5.75 Å². The molecule has 1 aromatic rings. The first-order chi connectivity index (χ1) is 10.1. The van der Waals surface area contributed by atoms with E-state index in [0.29, 0.717) is 24.3 Å². The van der Waals surface area contributed by atoms with Crippen LogP contribution in [-0.2, 0) is 9.53 Å². The van der Waals surface area contributed by atoms with Crippen LogP contribution in [0, 0.1) is 0 Å². The summed E-state index contributed by atoms with van der Waals surface area (Å²) < 4.78 is 10.3. The number of carbonyl (C=O) groups is 1. The maximum atomic E-state index is 12.1. The Labute approximate surface area is 125 Å². The Bertz CT molecular complexity index is 597. The van der Waals surface area contributed by atoms with E-state index < -0.39 is 0 Å². The van der Waals surface area contributed by atoms with E-state index in [-0.39, 0.29) is 5.97 Å². The van der Waals surface area contributed by atoms with Crippen LogP contribution in [0.3, 0.4) is 0 Å². The second kappa shape index (κ2) is 6.48. The summed E-state index contributed by atoms with van der Waals surface area (Å²) in [6, 6.07) is 7.84. The van der Waals surface area contributed by atoms with E-state index >= 15 is 0 Å². The number of esters is 1. The molecule has 1 aromatic carbocycles. The molecule has 2 N–H and O–H groups in total. The minimum atomic E-state index is -0.335. The molecule has 21 heavy (non-hydrogen) atoms. The monoisotopic (exact) mass is 287 g/mol. The maximum absolute atomic E-state index is 12.1. The van der Waals surface area contributed by atoms with E-state index in [2.05, 4.69) is 0 Å². The Balaban J connectivity index is 2.40. The quantitative estimate of drug-likeness (QED) is 0.865. The highest BCUT2D eigenvalue weighted by atomic mass is 16.5. The Morgan fingerprint density at radius 3 is 2.48 bits per heavy atom. The molecule has 4 nitrogen and oxygen atoms in total. The van der Waals surface area contributed by atoms with Gasteiger partial charge in [0.1, 0.15) is 5.75 Å². The van der Waals surface area contributed by atoms with Crippen LogP contribution in [0.25, 0.3) is 5.57 Å². The van der Waals surface area contributed by atoms with Gasteiger partial charge in [-0.15, -0.1) is 0 Å². The number of allylic oxidation sites excluding steroid dienone is 2. The van der Waals surface area contributed by atoms with Crippen LogP contribution >= 0.6 is 0 Å². The highest BCUT2D eigenvalue weighted by Gasteiger charge is 2.24. The van der Waals surface area contributed by atoms with Crippen molar-refractivity contribution in [2.45, 2.75) is 26.7 Å². The van der Waals surface area contributed by atoms with Crippen molar-refractivity contribution >= 4 is 11.5 Å². The van der Waals surface area contributed by atoms with Gasteiger partial charge in [-0.25, -0.2) is 4.79 Å². The Morgan fingerprint density at radius 1 is 1.24 bits per heavy atom. The number of ether oxygens (including phenoxy) is 2. The normalized spacial score (nSPS) is 15.2. The first-order valence-electron chi connectivity index (χ1n) is 7.08. The lowest BCUT2D eigenvalue weighted by atomic mass is 9.86. The zero-order valence-corrected chi connectivity index (χ0v) is 12.7. The van der Waals surface area contributed by atoms with E-state index in [1.165, 1.54) is 0 Å². The number of carbonyl (C=O) groups excluding carboxylic acids is 1. The molecule has 112 valence electrons. The van der Waals surface area contributed by atoms with Gasteiger partial charge >= 0.3 is 5.97 Å². The summed E-state index contributed by atoms with van der Waals surface area (Å²) in [5.74, 6) is 0.478. The minimum Gasteiger partial charge on any atom is -0.497 e. The number of rotatable bonds is 4.